The van der Waals surface area contributed by atoms with Gasteiger partial charge in [-0.15, -0.1) is 0 Å². The van der Waals surface area contributed by atoms with Crippen LogP contribution in [0.5, 0.6) is 0 Å². The molecule has 0 N–H and O–H groups in total. The van der Waals surface area contributed by atoms with Gasteiger partial charge in [-0.3, -0.25) is 4.79 Å². The molecule has 1 heterocycles. The Bertz CT molecular complexity index is 346. The minimum Gasteiger partial charge on any atom is -0.377 e. The van der Waals surface area contributed by atoms with Gasteiger partial charge in [-0.1, -0.05) is 19.4 Å². The molecule has 3 heteroatoms. The van der Waals surface area contributed by atoms with Crippen molar-refractivity contribution < 1.29 is 9.53 Å². The maximum absolute atomic E-state index is 12.1. The third kappa shape index (κ3) is 2.78. The summed E-state index contributed by atoms with van der Waals surface area (Å²) in [4.78, 5) is 14.0. The van der Waals surface area contributed by atoms with Crippen molar-refractivity contribution in [2.75, 3.05) is 13.7 Å². The van der Waals surface area contributed by atoms with E-state index in [-0.39, 0.29) is 12.0 Å². The van der Waals surface area contributed by atoms with Crippen molar-refractivity contribution in [2.24, 2.45) is 5.92 Å². The van der Waals surface area contributed by atoms with E-state index in [1.807, 2.05) is 11.0 Å². The molecule has 2 rings (SSSR count). The second-order valence-corrected chi connectivity index (χ2v) is 4.82. The number of methoxy groups -OCH3 is 1. The fraction of sp³-hybridized carbons (Fsp3) is 0.643. The zero-order valence-electron chi connectivity index (χ0n) is 10.7. The number of rotatable bonds is 3. The van der Waals surface area contributed by atoms with Gasteiger partial charge in [0.2, 0.25) is 5.91 Å². The number of allylic oxidation sites excluding steroid dienone is 1. The van der Waals surface area contributed by atoms with E-state index >= 15 is 0 Å². The van der Waals surface area contributed by atoms with E-state index in [0.717, 1.165) is 31.5 Å². The number of carbonyl (C=O) groups is 1. The molecule has 2 atom stereocenters. The number of nitrogens with zero attached hydrogens (tertiary/aromatic N) is 1. The lowest BCUT2D eigenvalue weighted by Crippen LogP contribution is -2.38. The monoisotopic (exact) mass is 235 g/mol. The van der Waals surface area contributed by atoms with Crippen LogP contribution in [0.2, 0.25) is 0 Å². The van der Waals surface area contributed by atoms with Gasteiger partial charge in [-0.05, 0) is 30.9 Å². The molecule has 2 unspecified atom stereocenters. The molecule has 0 aromatic rings. The molecule has 0 aromatic heterocycles. The molecule has 1 aliphatic carbocycles. The van der Waals surface area contributed by atoms with Crippen LogP contribution in [-0.2, 0) is 9.53 Å². The Kier molecular flexibility index (Phi) is 4.00. The van der Waals surface area contributed by atoms with Crippen LogP contribution >= 0.6 is 0 Å². The van der Waals surface area contributed by atoms with Gasteiger partial charge in [0, 0.05) is 25.8 Å². The molecule has 1 aliphatic heterocycles. The molecule has 0 bridgehead atoms. The van der Waals surface area contributed by atoms with Gasteiger partial charge in [0.15, 0.2) is 0 Å². The Morgan fingerprint density at radius 3 is 3.00 bits per heavy atom. The predicted octanol–water partition coefficient (Wildman–Crippen LogP) is 2.49. The molecule has 0 radical (unpaired) electrons. The lowest BCUT2D eigenvalue weighted by atomic mass is 9.93. The Balaban J connectivity index is 2.05. The SMILES string of the molecule is CCC1CCN(C2=CC(OC)CC=C2)C(=O)C1. The van der Waals surface area contributed by atoms with E-state index in [9.17, 15) is 4.79 Å². The Hall–Kier alpha value is -1.09. The normalized spacial score (nSPS) is 29.4. The summed E-state index contributed by atoms with van der Waals surface area (Å²) < 4.78 is 5.32. The zero-order chi connectivity index (χ0) is 12.3. The number of amides is 1. The largest absolute Gasteiger partial charge is 0.377 e. The summed E-state index contributed by atoms with van der Waals surface area (Å²) in [5.74, 6) is 0.834. The van der Waals surface area contributed by atoms with E-state index < -0.39 is 0 Å². The summed E-state index contributed by atoms with van der Waals surface area (Å²) >= 11 is 0. The Morgan fingerprint density at radius 2 is 2.35 bits per heavy atom. The fourth-order valence-corrected chi connectivity index (χ4v) is 2.50. The van der Waals surface area contributed by atoms with Crippen LogP contribution in [0.1, 0.15) is 32.6 Å². The summed E-state index contributed by atoms with van der Waals surface area (Å²) in [6.07, 6.45) is 10.1. The van der Waals surface area contributed by atoms with Gasteiger partial charge in [-0.25, -0.2) is 0 Å². The van der Waals surface area contributed by atoms with Crippen molar-refractivity contribution in [3.8, 4) is 0 Å². The van der Waals surface area contributed by atoms with Crippen molar-refractivity contribution >= 4 is 5.91 Å². The molecule has 3 nitrogen and oxygen atoms in total. The van der Waals surface area contributed by atoms with Crippen LogP contribution in [-0.4, -0.2) is 30.6 Å². The second-order valence-electron chi connectivity index (χ2n) is 4.82. The van der Waals surface area contributed by atoms with Crippen LogP contribution < -0.4 is 0 Å². The van der Waals surface area contributed by atoms with Crippen LogP contribution in [0.4, 0.5) is 0 Å². The minimum atomic E-state index is 0.117. The van der Waals surface area contributed by atoms with Crippen molar-refractivity contribution in [3.63, 3.8) is 0 Å². The summed E-state index contributed by atoms with van der Waals surface area (Å²) in [6, 6.07) is 0. The van der Waals surface area contributed by atoms with Gasteiger partial charge in [-0.2, -0.15) is 0 Å². The molecule has 0 aromatic carbocycles. The highest BCUT2D eigenvalue weighted by molar-refractivity contribution is 5.79. The van der Waals surface area contributed by atoms with Crippen LogP contribution in [0.25, 0.3) is 0 Å². The molecule has 1 amide bonds. The van der Waals surface area contributed by atoms with Crippen molar-refractivity contribution in [3.05, 3.63) is 23.9 Å². The molecule has 1 saturated heterocycles. The van der Waals surface area contributed by atoms with E-state index in [0.29, 0.717) is 12.3 Å². The molecule has 0 saturated carbocycles. The summed E-state index contributed by atoms with van der Waals surface area (Å²) in [7, 11) is 1.71. The Labute approximate surface area is 103 Å². The number of carbonyl (C=O) groups excluding carboxylic acids is 1. The van der Waals surface area contributed by atoms with Gasteiger partial charge in [0.05, 0.1) is 6.10 Å². The quantitative estimate of drug-likeness (QED) is 0.752. The number of likely N-dealkylation sites (tertiary alicyclic amines) is 1. The number of ether oxygens (including phenoxy) is 1. The van der Waals surface area contributed by atoms with Gasteiger partial charge >= 0.3 is 0 Å². The topological polar surface area (TPSA) is 29.5 Å². The third-order valence-electron chi connectivity index (χ3n) is 3.73. The first-order valence-corrected chi connectivity index (χ1v) is 6.46. The van der Waals surface area contributed by atoms with Crippen molar-refractivity contribution in [1.29, 1.82) is 0 Å². The smallest absolute Gasteiger partial charge is 0.227 e. The molecule has 1 fully saturated rings. The minimum absolute atomic E-state index is 0.117. The zero-order valence-corrected chi connectivity index (χ0v) is 10.7. The molecular weight excluding hydrogens is 214 g/mol. The number of hydrogen-bond donors (Lipinski definition) is 0. The standard InChI is InChI=1S/C14H21NO2/c1-3-11-7-8-15(14(16)9-11)12-5-4-6-13(10-12)17-2/h4-5,10-11,13H,3,6-9H2,1-2H3. The van der Waals surface area contributed by atoms with Crippen LogP contribution in [0.15, 0.2) is 23.9 Å². The summed E-state index contributed by atoms with van der Waals surface area (Å²) in [6.45, 7) is 3.01. The van der Waals surface area contributed by atoms with E-state index in [1.165, 1.54) is 0 Å². The summed E-state index contributed by atoms with van der Waals surface area (Å²) in [5, 5.41) is 0. The van der Waals surface area contributed by atoms with Crippen LogP contribution in [0.3, 0.4) is 0 Å². The van der Waals surface area contributed by atoms with Crippen molar-refractivity contribution in [2.45, 2.75) is 38.7 Å². The first-order valence-electron chi connectivity index (χ1n) is 6.46. The molecule has 0 spiro atoms. The number of hydrogen-bond acceptors (Lipinski definition) is 2. The average Bonchev–Trinajstić information content (AvgIpc) is 2.38. The average molecular weight is 235 g/mol. The highest BCUT2D eigenvalue weighted by atomic mass is 16.5. The highest BCUT2D eigenvalue weighted by Gasteiger charge is 2.27. The van der Waals surface area contributed by atoms with E-state index in [4.69, 9.17) is 4.74 Å². The van der Waals surface area contributed by atoms with Gasteiger partial charge in [0.1, 0.15) is 0 Å². The van der Waals surface area contributed by atoms with Gasteiger partial charge in [0.25, 0.3) is 0 Å². The molecule has 94 valence electrons. The lowest BCUT2D eigenvalue weighted by Gasteiger charge is -2.33. The lowest BCUT2D eigenvalue weighted by molar-refractivity contribution is -0.132. The third-order valence-corrected chi connectivity index (χ3v) is 3.73. The number of piperidine rings is 1. The molecular formula is C14H21NO2. The van der Waals surface area contributed by atoms with E-state index in [1.54, 1.807) is 7.11 Å². The maximum Gasteiger partial charge on any atom is 0.227 e. The summed E-state index contributed by atoms with van der Waals surface area (Å²) in [5.41, 5.74) is 1.02. The first-order chi connectivity index (χ1) is 8.24. The van der Waals surface area contributed by atoms with Crippen molar-refractivity contribution in [1.82, 2.24) is 4.90 Å². The maximum atomic E-state index is 12.1. The molecule has 2 aliphatic rings. The highest BCUT2D eigenvalue weighted by Crippen LogP contribution is 2.26. The Morgan fingerprint density at radius 1 is 1.53 bits per heavy atom. The fourth-order valence-electron chi connectivity index (χ4n) is 2.50. The second kappa shape index (κ2) is 5.50. The van der Waals surface area contributed by atoms with Crippen LogP contribution in [0, 0.1) is 5.92 Å². The van der Waals surface area contributed by atoms with E-state index in [2.05, 4.69) is 19.1 Å². The van der Waals surface area contributed by atoms with Gasteiger partial charge < -0.3 is 9.64 Å². The molecule has 17 heavy (non-hydrogen) atoms. The predicted molar refractivity (Wildman–Crippen MR) is 67.4 cm³/mol. The first kappa shape index (κ1) is 12.4.